The quantitative estimate of drug-likeness (QED) is 0.516. The summed E-state index contributed by atoms with van der Waals surface area (Å²) in [6.45, 7) is 3.54. The van der Waals surface area contributed by atoms with E-state index in [2.05, 4.69) is 4.90 Å². The number of benzene rings is 1. The van der Waals surface area contributed by atoms with Crippen molar-refractivity contribution < 1.29 is 18.7 Å². The first-order chi connectivity index (χ1) is 14.1. The van der Waals surface area contributed by atoms with Gasteiger partial charge < -0.3 is 9.64 Å². The van der Waals surface area contributed by atoms with Crippen LogP contribution in [0.15, 0.2) is 24.3 Å². The van der Waals surface area contributed by atoms with Gasteiger partial charge >= 0.3 is 0 Å². The molecule has 158 valence electrons. The molecule has 3 aliphatic rings. The maximum Gasteiger partial charge on any atom is 0.233 e. The summed E-state index contributed by atoms with van der Waals surface area (Å²) in [5.74, 6) is 0.582. The van der Waals surface area contributed by atoms with Crippen LogP contribution >= 0.6 is 0 Å². The summed E-state index contributed by atoms with van der Waals surface area (Å²) in [4.78, 5) is 29.0. The fourth-order valence-electron chi connectivity index (χ4n) is 5.01. The Hall–Kier alpha value is -1.95. The standard InChI is InChI=1S/C23H31FN2O3/c24-17-7-9-18(10-8-17)29-19-11-15-25(16-12-19)13-3-4-14-26-22(27)20-5-1-2-6-21(20)23(26)28/h7-10,19-21H,1-6,11-16H2. The third kappa shape index (κ3) is 4.80. The fraction of sp³-hybridized carbons (Fsp3) is 0.652. The molecule has 1 aromatic rings. The van der Waals surface area contributed by atoms with Crippen LogP contribution in [0.5, 0.6) is 5.75 Å². The third-order valence-electron chi connectivity index (χ3n) is 6.69. The molecule has 0 radical (unpaired) electrons. The lowest BCUT2D eigenvalue weighted by Gasteiger charge is -2.32. The van der Waals surface area contributed by atoms with Crippen LogP contribution in [0.3, 0.4) is 0 Å². The molecule has 2 saturated heterocycles. The van der Waals surface area contributed by atoms with Gasteiger partial charge in [-0.15, -0.1) is 0 Å². The smallest absolute Gasteiger partial charge is 0.233 e. The van der Waals surface area contributed by atoms with Crippen molar-refractivity contribution in [3.05, 3.63) is 30.1 Å². The van der Waals surface area contributed by atoms with E-state index in [0.29, 0.717) is 6.54 Å². The summed E-state index contributed by atoms with van der Waals surface area (Å²) in [5.41, 5.74) is 0. The number of halogens is 1. The molecular weight excluding hydrogens is 371 g/mol. The maximum atomic E-state index is 13.0. The molecule has 1 aliphatic carbocycles. The normalized spacial score (nSPS) is 26.0. The molecule has 0 bridgehead atoms. The van der Waals surface area contributed by atoms with Gasteiger partial charge in [0.1, 0.15) is 17.7 Å². The monoisotopic (exact) mass is 402 g/mol. The molecule has 2 heterocycles. The number of likely N-dealkylation sites (tertiary alicyclic amines) is 2. The zero-order valence-electron chi connectivity index (χ0n) is 17.0. The summed E-state index contributed by atoms with van der Waals surface area (Å²) in [6, 6.07) is 6.21. The number of hydrogen-bond donors (Lipinski definition) is 0. The van der Waals surface area contributed by atoms with Crippen molar-refractivity contribution >= 4 is 11.8 Å². The van der Waals surface area contributed by atoms with E-state index < -0.39 is 0 Å². The Morgan fingerprint density at radius 1 is 0.862 bits per heavy atom. The van der Waals surface area contributed by atoms with Crippen molar-refractivity contribution in [3.8, 4) is 5.75 Å². The van der Waals surface area contributed by atoms with Crippen molar-refractivity contribution in [2.75, 3.05) is 26.2 Å². The van der Waals surface area contributed by atoms with Crippen molar-refractivity contribution in [1.29, 1.82) is 0 Å². The molecule has 1 aromatic carbocycles. The minimum absolute atomic E-state index is 0.0311. The average Bonchev–Trinajstić information content (AvgIpc) is 2.99. The van der Waals surface area contributed by atoms with Crippen LogP contribution in [0.25, 0.3) is 0 Å². The minimum atomic E-state index is -0.247. The fourth-order valence-corrected chi connectivity index (χ4v) is 5.01. The van der Waals surface area contributed by atoms with Crippen LogP contribution in [0.2, 0.25) is 0 Å². The van der Waals surface area contributed by atoms with Gasteiger partial charge in [-0.05, 0) is 69.3 Å². The molecule has 2 atom stereocenters. The second kappa shape index (κ2) is 9.24. The Balaban J connectivity index is 1.14. The second-order valence-corrected chi connectivity index (χ2v) is 8.65. The first kappa shape index (κ1) is 20.3. The molecule has 5 nitrogen and oxygen atoms in total. The Kier molecular flexibility index (Phi) is 6.48. The van der Waals surface area contributed by atoms with Crippen molar-refractivity contribution in [1.82, 2.24) is 9.80 Å². The van der Waals surface area contributed by atoms with E-state index >= 15 is 0 Å². The lowest BCUT2D eigenvalue weighted by Crippen LogP contribution is -2.39. The Bertz CT molecular complexity index is 691. The zero-order valence-corrected chi connectivity index (χ0v) is 17.0. The molecule has 0 N–H and O–H groups in total. The summed E-state index contributed by atoms with van der Waals surface area (Å²) in [7, 11) is 0. The largest absolute Gasteiger partial charge is 0.490 e. The first-order valence-corrected chi connectivity index (χ1v) is 11.1. The molecule has 2 aliphatic heterocycles. The Labute approximate surface area is 172 Å². The highest BCUT2D eigenvalue weighted by atomic mass is 19.1. The van der Waals surface area contributed by atoms with Crippen molar-refractivity contribution in [2.45, 2.75) is 57.5 Å². The van der Waals surface area contributed by atoms with Gasteiger partial charge in [-0.2, -0.15) is 0 Å². The number of unbranched alkanes of at least 4 members (excludes halogenated alkanes) is 1. The number of amides is 2. The molecule has 2 unspecified atom stereocenters. The van der Waals surface area contributed by atoms with Crippen LogP contribution in [0.1, 0.15) is 51.4 Å². The summed E-state index contributed by atoms with van der Waals surface area (Å²) < 4.78 is 18.9. The molecule has 2 amide bonds. The highest BCUT2D eigenvalue weighted by Gasteiger charge is 2.47. The van der Waals surface area contributed by atoms with Crippen LogP contribution in [-0.4, -0.2) is 53.9 Å². The summed E-state index contributed by atoms with van der Waals surface area (Å²) in [6.07, 6.45) is 7.91. The maximum absolute atomic E-state index is 13.0. The number of carbonyl (C=O) groups is 2. The van der Waals surface area contributed by atoms with Gasteiger partial charge in [0.2, 0.25) is 11.8 Å². The number of fused-ring (bicyclic) bond motifs is 1. The summed E-state index contributed by atoms with van der Waals surface area (Å²) in [5, 5.41) is 0. The van der Waals surface area contributed by atoms with E-state index in [1.807, 2.05) is 0 Å². The number of imide groups is 1. The molecule has 0 aromatic heterocycles. The van der Waals surface area contributed by atoms with Gasteiger partial charge in [-0.1, -0.05) is 12.8 Å². The van der Waals surface area contributed by atoms with Crippen LogP contribution < -0.4 is 4.74 Å². The number of ether oxygens (including phenoxy) is 1. The minimum Gasteiger partial charge on any atom is -0.490 e. The van der Waals surface area contributed by atoms with Crippen molar-refractivity contribution in [3.63, 3.8) is 0 Å². The molecule has 6 heteroatoms. The lowest BCUT2D eigenvalue weighted by molar-refractivity contribution is -0.140. The number of carbonyl (C=O) groups excluding carboxylic acids is 2. The molecular formula is C23H31FN2O3. The van der Waals surface area contributed by atoms with E-state index in [-0.39, 0.29) is 35.6 Å². The van der Waals surface area contributed by atoms with Crippen LogP contribution in [0.4, 0.5) is 4.39 Å². The zero-order chi connectivity index (χ0) is 20.2. The Morgan fingerprint density at radius 3 is 2.07 bits per heavy atom. The topological polar surface area (TPSA) is 49.9 Å². The van der Waals surface area contributed by atoms with E-state index in [4.69, 9.17) is 4.74 Å². The van der Waals surface area contributed by atoms with Crippen LogP contribution in [-0.2, 0) is 9.59 Å². The lowest BCUT2D eigenvalue weighted by atomic mass is 9.81. The van der Waals surface area contributed by atoms with E-state index in [9.17, 15) is 14.0 Å². The first-order valence-electron chi connectivity index (χ1n) is 11.1. The molecule has 3 fully saturated rings. The van der Waals surface area contributed by atoms with Crippen LogP contribution in [0, 0.1) is 17.7 Å². The van der Waals surface area contributed by atoms with Crippen molar-refractivity contribution in [2.24, 2.45) is 11.8 Å². The van der Waals surface area contributed by atoms with E-state index in [1.54, 1.807) is 17.0 Å². The molecule has 1 saturated carbocycles. The van der Waals surface area contributed by atoms with E-state index in [1.165, 1.54) is 12.1 Å². The van der Waals surface area contributed by atoms with Gasteiger partial charge in [-0.25, -0.2) is 4.39 Å². The van der Waals surface area contributed by atoms with Gasteiger partial charge in [0.25, 0.3) is 0 Å². The SMILES string of the molecule is O=C1C2CCCCC2C(=O)N1CCCCN1CCC(Oc2ccc(F)cc2)CC1. The van der Waals surface area contributed by atoms with Gasteiger partial charge in [0.15, 0.2) is 0 Å². The predicted molar refractivity (Wildman–Crippen MR) is 108 cm³/mol. The average molecular weight is 403 g/mol. The van der Waals surface area contributed by atoms with Gasteiger partial charge in [0, 0.05) is 19.6 Å². The van der Waals surface area contributed by atoms with E-state index in [0.717, 1.165) is 76.8 Å². The number of piperidine rings is 1. The number of nitrogens with zero attached hydrogens (tertiary/aromatic N) is 2. The van der Waals surface area contributed by atoms with Gasteiger partial charge in [-0.3, -0.25) is 14.5 Å². The highest BCUT2D eigenvalue weighted by Crippen LogP contribution is 2.38. The molecule has 0 spiro atoms. The second-order valence-electron chi connectivity index (χ2n) is 8.65. The van der Waals surface area contributed by atoms with Gasteiger partial charge in [0.05, 0.1) is 11.8 Å². The summed E-state index contributed by atoms with van der Waals surface area (Å²) >= 11 is 0. The Morgan fingerprint density at radius 2 is 1.45 bits per heavy atom. The third-order valence-corrected chi connectivity index (χ3v) is 6.69. The number of hydrogen-bond acceptors (Lipinski definition) is 4. The molecule has 29 heavy (non-hydrogen) atoms. The molecule has 4 rings (SSSR count). The number of rotatable bonds is 7. The predicted octanol–water partition coefficient (Wildman–Crippen LogP) is 3.62. The highest BCUT2D eigenvalue weighted by molar-refractivity contribution is 6.05.